The maximum Gasteiger partial charge on any atom is 0.221 e. The van der Waals surface area contributed by atoms with Crippen molar-refractivity contribution in [2.75, 3.05) is 6.54 Å². The molecule has 0 spiro atoms. The quantitative estimate of drug-likeness (QED) is 0.656. The minimum Gasteiger partial charge on any atom is -0.391 e. The van der Waals surface area contributed by atoms with Gasteiger partial charge in [-0.1, -0.05) is 34.6 Å². The number of aliphatic hydroxyl groups is 1. The Morgan fingerprint density at radius 3 is 2.25 bits per heavy atom. The fourth-order valence-electron chi connectivity index (χ4n) is 1.03. The van der Waals surface area contributed by atoms with Gasteiger partial charge in [0.2, 0.25) is 5.91 Å². The van der Waals surface area contributed by atoms with Crippen LogP contribution in [0.15, 0.2) is 0 Å². The van der Waals surface area contributed by atoms with E-state index in [-0.39, 0.29) is 23.3 Å². The van der Waals surface area contributed by atoms with Crippen LogP contribution in [0.2, 0.25) is 0 Å². The highest BCUT2D eigenvalue weighted by atomic mass is 16.3. The van der Waals surface area contributed by atoms with Crippen LogP contribution in [-0.2, 0) is 4.79 Å². The molecule has 0 fully saturated rings. The molecule has 1 amide bonds. The van der Waals surface area contributed by atoms with Gasteiger partial charge >= 0.3 is 0 Å². The highest BCUT2D eigenvalue weighted by Gasteiger charge is 2.23. The van der Waals surface area contributed by atoms with Crippen molar-refractivity contribution < 1.29 is 9.90 Å². The Morgan fingerprint density at radius 2 is 1.88 bits per heavy atom. The Balaban J connectivity index is 3.92. The first kappa shape index (κ1) is 15.4. The number of nitrogens with one attached hydrogen (secondary N) is 1. The average molecular weight is 230 g/mol. The van der Waals surface area contributed by atoms with Gasteiger partial charge in [-0.3, -0.25) is 4.79 Å². The molecule has 0 aromatic carbocycles. The Morgan fingerprint density at radius 1 is 1.38 bits per heavy atom. The first-order chi connectivity index (χ1) is 7.14. The fraction of sp³-hybridized carbons (Fsp3) is 0.917. The van der Waals surface area contributed by atoms with E-state index in [1.54, 1.807) is 0 Å². The molecule has 96 valence electrons. The number of hydrogen-bond donors (Lipinski definition) is 3. The summed E-state index contributed by atoms with van der Waals surface area (Å²) >= 11 is 0. The van der Waals surface area contributed by atoms with Crippen molar-refractivity contribution in [1.82, 2.24) is 5.32 Å². The number of aliphatic hydroxyl groups excluding tert-OH is 1. The summed E-state index contributed by atoms with van der Waals surface area (Å²) in [5, 5.41) is 12.2. The summed E-state index contributed by atoms with van der Waals surface area (Å²) in [6.45, 7) is 10.2. The van der Waals surface area contributed by atoms with Crippen LogP contribution < -0.4 is 11.1 Å². The lowest BCUT2D eigenvalue weighted by Gasteiger charge is -2.26. The molecule has 0 aliphatic carbocycles. The molecule has 0 aromatic rings. The van der Waals surface area contributed by atoms with Crippen LogP contribution in [0.1, 0.15) is 41.0 Å². The van der Waals surface area contributed by atoms with E-state index in [0.29, 0.717) is 13.0 Å². The Kier molecular flexibility index (Phi) is 5.97. The van der Waals surface area contributed by atoms with Crippen molar-refractivity contribution in [2.45, 2.75) is 53.2 Å². The summed E-state index contributed by atoms with van der Waals surface area (Å²) in [4.78, 5) is 11.5. The van der Waals surface area contributed by atoms with E-state index in [4.69, 9.17) is 5.73 Å². The van der Waals surface area contributed by atoms with Crippen LogP contribution >= 0.6 is 0 Å². The van der Waals surface area contributed by atoms with E-state index >= 15 is 0 Å². The van der Waals surface area contributed by atoms with Crippen LogP contribution in [0.3, 0.4) is 0 Å². The molecular weight excluding hydrogens is 204 g/mol. The number of nitrogens with two attached hydrogens (primary N) is 1. The minimum absolute atomic E-state index is 0.0754. The Hall–Kier alpha value is -0.610. The maximum absolute atomic E-state index is 11.5. The predicted octanol–water partition coefficient (Wildman–Crippen LogP) is 0.883. The van der Waals surface area contributed by atoms with Crippen LogP contribution in [0.4, 0.5) is 0 Å². The monoisotopic (exact) mass is 230 g/mol. The van der Waals surface area contributed by atoms with E-state index in [0.717, 1.165) is 0 Å². The summed E-state index contributed by atoms with van der Waals surface area (Å²) in [5.41, 5.74) is 5.82. The summed E-state index contributed by atoms with van der Waals surface area (Å²) in [6, 6.07) is -0.163. The molecule has 16 heavy (non-hydrogen) atoms. The molecular formula is C12H26N2O2. The van der Waals surface area contributed by atoms with Crippen LogP contribution in [0.5, 0.6) is 0 Å². The molecule has 0 radical (unpaired) electrons. The molecule has 0 rings (SSSR count). The number of carbonyl (C=O) groups excluding carboxylic acids is 1. The first-order valence-corrected chi connectivity index (χ1v) is 5.85. The van der Waals surface area contributed by atoms with Gasteiger partial charge in [-0.25, -0.2) is 0 Å². The molecule has 0 aliphatic heterocycles. The lowest BCUT2D eigenvalue weighted by molar-refractivity contribution is -0.122. The standard InChI is InChI=1S/C12H26N2O2/c1-8(2)9(15)7-14-11(16)6-10(13)12(3,4)5/h8-10,15H,6-7,13H2,1-5H3,(H,14,16). The fourth-order valence-corrected chi connectivity index (χ4v) is 1.03. The molecule has 0 saturated heterocycles. The second kappa shape index (κ2) is 6.21. The zero-order valence-electron chi connectivity index (χ0n) is 11.1. The van der Waals surface area contributed by atoms with Gasteiger partial charge in [0.05, 0.1) is 6.10 Å². The largest absolute Gasteiger partial charge is 0.391 e. The van der Waals surface area contributed by atoms with Gasteiger partial charge in [0, 0.05) is 19.0 Å². The SMILES string of the molecule is CC(C)C(O)CNC(=O)CC(N)C(C)(C)C. The number of hydrogen-bond acceptors (Lipinski definition) is 3. The highest BCUT2D eigenvalue weighted by molar-refractivity contribution is 5.76. The Bertz CT molecular complexity index is 222. The van der Waals surface area contributed by atoms with Gasteiger partial charge in [0.1, 0.15) is 0 Å². The average Bonchev–Trinajstić information content (AvgIpc) is 2.12. The third-order valence-corrected chi connectivity index (χ3v) is 2.80. The maximum atomic E-state index is 11.5. The molecule has 0 saturated carbocycles. The van der Waals surface area contributed by atoms with Crippen molar-refractivity contribution in [2.24, 2.45) is 17.1 Å². The molecule has 4 heteroatoms. The summed E-state index contributed by atoms with van der Waals surface area (Å²) in [5.74, 6) is 0.0544. The molecule has 0 bridgehead atoms. The third-order valence-electron chi connectivity index (χ3n) is 2.80. The van der Waals surface area contributed by atoms with E-state index in [1.165, 1.54) is 0 Å². The van der Waals surface area contributed by atoms with Crippen LogP contribution in [-0.4, -0.2) is 29.7 Å². The summed E-state index contributed by atoms with van der Waals surface area (Å²) < 4.78 is 0. The van der Waals surface area contributed by atoms with Gasteiger partial charge in [-0.15, -0.1) is 0 Å². The molecule has 2 unspecified atom stereocenters. The topological polar surface area (TPSA) is 75.3 Å². The second-order valence-electron chi connectivity index (χ2n) is 5.79. The molecule has 0 heterocycles. The van der Waals surface area contributed by atoms with Crippen molar-refractivity contribution in [3.8, 4) is 0 Å². The smallest absolute Gasteiger partial charge is 0.221 e. The molecule has 0 aliphatic rings. The zero-order valence-corrected chi connectivity index (χ0v) is 11.1. The molecule has 0 aromatic heterocycles. The number of rotatable bonds is 5. The minimum atomic E-state index is -0.491. The predicted molar refractivity (Wildman–Crippen MR) is 65.9 cm³/mol. The van der Waals surface area contributed by atoms with Gasteiger partial charge in [-0.05, 0) is 11.3 Å². The number of carbonyl (C=O) groups is 1. The van der Waals surface area contributed by atoms with Gasteiger partial charge in [0.15, 0.2) is 0 Å². The summed E-state index contributed by atoms with van der Waals surface area (Å²) in [7, 11) is 0. The van der Waals surface area contributed by atoms with E-state index in [1.807, 2.05) is 34.6 Å². The van der Waals surface area contributed by atoms with Gasteiger partial charge in [-0.2, -0.15) is 0 Å². The van der Waals surface area contributed by atoms with Crippen molar-refractivity contribution >= 4 is 5.91 Å². The van der Waals surface area contributed by atoms with Crippen molar-refractivity contribution in [3.05, 3.63) is 0 Å². The van der Waals surface area contributed by atoms with Gasteiger partial charge in [0.25, 0.3) is 0 Å². The molecule has 4 nitrogen and oxygen atoms in total. The number of amides is 1. The van der Waals surface area contributed by atoms with Crippen molar-refractivity contribution in [3.63, 3.8) is 0 Å². The van der Waals surface area contributed by atoms with Gasteiger partial charge < -0.3 is 16.2 Å². The summed E-state index contributed by atoms with van der Waals surface area (Å²) in [6.07, 6.45) is -0.191. The lowest BCUT2D eigenvalue weighted by Crippen LogP contribution is -2.42. The normalized spacial score (nSPS) is 16.0. The first-order valence-electron chi connectivity index (χ1n) is 5.85. The highest BCUT2D eigenvalue weighted by Crippen LogP contribution is 2.19. The van der Waals surface area contributed by atoms with E-state index in [9.17, 15) is 9.90 Å². The zero-order chi connectivity index (χ0) is 12.9. The van der Waals surface area contributed by atoms with Crippen molar-refractivity contribution in [1.29, 1.82) is 0 Å². The van der Waals surface area contributed by atoms with Crippen LogP contribution in [0.25, 0.3) is 0 Å². The molecule has 4 N–H and O–H groups in total. The molecule has 2 atom stereocenters. The van der Waals surface area contributed by atoms with E-state index in [2.05, 4.69) is 5.32 Å². The second-order valence-corrected chi connectivity index (χ2v) is 5.79. The van der Waals surface area contributed by atoms with E-state index < -0.39 is 6.10 Å². The lowest BCUT2D eigenvalue weighted by atomic mass is 9.85. The van der Waals surface area contributed by atoms with Crippen LogP contribution in [0, 0.1) is 11.3 Å². The Labute approximate surface area is 98.6 Å². The third kappa shape index (κ3) is 6.08.